The number of aliphatic hydroxyl groups excluding tert-OH is 2. The van der Waals surface area contributed by atoms with Gasteiger partial charge < -0.3 is 19.7 Å². The molecule has 188 valence electrons. The van der Waals surface area contributed by atoms with Gasteiger partial charge in [0.25, 0.3) is 0 Å². The summed E-state index contributed by atoms with van der Waals surface area (Å²) in [6.07, 6.45) is 7.06. The summed E-state index contributed by atoms with van der Waals surface area (Å²) in [7, 11) is 0. The maximum Gasteiger partial charge on any atom is 0.336 e. The third-order valence-electron chi connectivity index (χ3n) is 11.3. The van der Waals surface area contributed by atoms with Crippen LogP contribution in [0.4, 0.5) is 0 Å². The normalized spacial score (nSPS) is 49.3. The Morgan fingerprint density at radius 1 is 1.15 bits per heavy atom. The van der Waals surface area contributed by atoms with Crippen molar-refractivity contribution >= 4 is 11.8 Å². The van der Waals surface area contributed by atoms with Crippen LogP contribution in [0.2, 0.25) is 0 Å². The molecule has 5 aliphatic rings. The molecule has 1 saturated heterocycles. The molecule has 0 bridgehead atoms. The van der Waals surface area contributed by atoms with Gasteiger partial charge in [0.15, 0.2) is 5.78 Å². The van der Waals surface area contributed by atoms with Crippen molar-refractivity contribution < 1.29 is 29.3 Å². The number of cyclic esters (lactones) is 1. The Bertz CT molecular complexity index is 953. The summed E-state index contributed by atoms with van der Waals surface area (Å²) in [6, 6.07) is 0. The number of allylic oxidation sites excluding steroid dienone is 1. The molecule has 0 aromatic rings. The lowest BCUT2D eigenvalue weighted by Crippen LogP contribution is -2.69. The minimum atomic E-state index is -0.885. The molecule has 3 aliphatic carbocycles. The van der Waals surface area contributed by atoms with Gasteiger partial charge >= 0.3 is 5.97 Å². The fourth-order valence-electron chi connectivity index (χ4n) is 8.88. The van der Waals surface area contributed by atoms with Crippen LogP contribution in [-0.4, -0.2) is 53.0 Å². The van der Waals surface area contributed by atoms with Crippen LogP contribution >= 0.6 is 0 Å². The van der Waals surface area contributed by atoms with E-state index in [2.05, 4.69) is 13.8 Å². The number of ether oxygens (including phenoxy) is 2. The third-order valence-corrected chi connectivity index (χ3v) is 11.3. The molecule has 10 atom stereocenters. The molecule has 34 heavy (non-hydrogen) atoms. The number of hydrogen-bond donors (Lipinski definition) is 2. The highest BCUT2D eigenvalue weighted by Crippen LogP contribution is 2.67. The average Bonchev–Trinajstić information content (AvgIpc) is 3.15. The van der Waals surface area contributed by atoms with Gasteiger partial charge in [-0.25, -0.2) is 4.79 Å². The molecule has 0 spiro atoms. The van der Waals surface area contributed by atoms with Crippen LogP contribution in [0.5, 0.6) is 0 Å². The van der Waals surface area contributed by atoms with Crippen molar-refractivity contribution in [2.75, 3.05) is 13.2 Å². The molecular formula is C28H40O6. The summed E-state index contributed by atoms with van der Waals surface area (Å²) in [4.78, 5) is 25.7. The van der Waals surface area contributed by atoms with E-state index >= 15 is 0 Å². The van der Waals surface area contributed by atoms with Crippen LogP contribution in [0.1, 0.15) is 66.7 Å². The van der Waals surface area contributed by atoms with Crippen molar-refractivity contribution in [3.63, 3.8) is 0 Å². The Balaban J connectivity index is 1.40. The lowest BCUT2D eigenvalue weighted by molar-refractivity contribution is -0.254. The van der Waals surface area contributed by atoms with Crippen molar-refractivity contribution in [2.45, 2.75) is 84.5 Å². The van der Waals surface area contributed by atoms with Gasteiger partial charge in [-0.15, -0.1) is 0 Å². The largest absolute Gasteiger partial charge is 0.458 e. The molecule has 0 aromatic carbocycles. The zero-order valence-electron chi connectivity index (χ0n) is 21.2. The highest BCUT2D eigenvalue weighted by Gasteiger charge is 2.68. The number of aliphatic hydroxyl groups is 2. The molecule has 2 aliphatic heterocycles. The van der Waals surface area contributed by atoms with Gasteiger partial charge in [0.05, 0.1) is 24.2 Å². The lowest BCUT2D eigenvalue weighted by Gasteiger charge is -2.63. The predicted molar refractivity (Wildman–Crippen MR) is 127 cm³/mol. The van der Waals surface area contributed by atoms with Gasteiger partial charge in [0.1, 0.15) is 17.8 Å². The zero-order chi connectivity index (χ0) is 24.6. The molecule has 2 heterocycles. The molecule has 0 radical (unpaired) electrons. The van der Waals surface area contributed by atoms with Gasteiger partial charge in [0, 0.05) is 6.42 Å². The summed E-state index contributed by atoms with van der Waals surface area (Å²) in [6.45, 7) is 10.8. The first-order valence-corrected chi connectivity index (χ1v) is 13.0. The van der Waals surface area contributed by atoms with E-state index in [4.69, 9.17) is 9.47 Å². The van der Waals surface area contributed by atoms with Crippen molar-refractivity contribution in [3.8, 4) is 0 Å². The van der Waals surface area contributed by atoms with Gasteiger partial charge in [0.2, 0.25) is 0 Å². The first kappa shape index (κ1) is 24.2. The average molecular weight is 473 g/mol. The molecule has 0 aromatic heterocycles. The predicted octanol–water partition coefficient (Wildman–Crippen LogP) is 3.60. The van der Waals surface area contributed by atoms with Crippen LogP contribution < -0.4 is 0 Å². The standard InChI is InChI=1S/C28H40O6/c1-15-12-22(34-25(32)17(15)13-29)16(2)19-6-7-20-18-14-33-28(5)24(31)9-8-23(30)27(28,4)21(18)10-11-26(19,20)3/h8-9,16,18-22,24,29,31H,6-7,10-14H2,1-5H3/t16-,18-,19+,20-,21-,22+,24-,26+,27-,28-/m0/s1. The number of ketones is 1. The van der Waals surface area contributed by atoms with Crippen LogP contribution in [0.3, 0.4) is 0 Å². The topological polar surface area (TPSA) is 93.1 Å². The Morgan fingerprint density at radius 3 is 2.56 bits per heavy atom. The molecule has 0 amide bonds. The second kappa shape index (κ2) is 8.01. The summed E-state index contributed by atoms with van der Waals surface area (Å²) >= 11 is 0. The third kappa shape index (κ3) is 3.04. The molecule has 6 nitrogen and oxygen atoms in total. The smallest absolute Gasteiger partial charge is 0.336 e. The Kier molecular flexibility index (Phi) is 5.70. The Morgan fingerprint density at radius 2 is 1.88 bits per heavy atom. The minimum Gasteiger partial charge on any atom is -0.458 e. The van der Waals surface area contributed by atoms with Gasteiger partial charge in [-0.05, 0) is 93.6 Å². The van der Waals surface area contributed by atoms with Gasteiger partial charge in [-0.1, -0.05) is 19.4 Å². The maximum atomic E-state index is 13.3. The van der Waals surface area contributed by atoms with Crippen molar-refractivity contribution in [1.29, 1.82) is 0 Å². The second-order valence-electron chi connectivity index (χ2n) is 12.3. The maximum absolute atomic E-state index is 13.3. The number of fused-ring (bicyclic) bond motifs is 5. The summed E-state index contributed by atoms with van der Waals surface area (Å²) < 4.78 is 12.3. The molecule has 5 rings (SSSR count). The zero-order valence-corrected chi connectivity index (χ0v) is 21.2. The molecule has 3 fully saturated rings. The Labute approximate surface area is 202 Å². The van der Waals surface area contributed by atoms with E-state index in [0.717, 1.165) is 31.3 Å². The number of esters is 1. The monoisotopic (exact) mass is 472 g/mol. The van der Waals surface area contributed by atoms with E-state index in [1.807, 2.05) is 20.8 Å². The molecule has 2 saturated carbocycles. The summed E-state index contributed by atoms with van der Waals surface area (Å²) in [5, 5.41) is 20.3. The summed E-state index contributed by atoms with van der Waals surface area (Å²) in [5.41, 5.74) is -0.167. The second-order valence-corrected chi connectivity index (χ2v) is 12.3. The highest BCUT2D eigenvalue weighted by molar-refractivity contribution is 5.97. The van der Waals surface area contributed by atoms with Crippen molar-refractivity contribution in [3.05, 3.63) is 23.3 Å². The number of carbonyl (C=O) groups excluding carboxylic acids is 2. The highest BCUT2D eigenvalue weighted by atomic mass is 16.5. The molecule has 0 unspecified atom stereocenters. The van der Waals surface area contributed by atoms with Crippen LogP contribution in [-0.2, 0) is 19.1 Å². The van der Waals surface area contributed by atoms with Crippen LogP contribution in [0.25, 0.3) is 0 Å². The fourth-order valence-corrected chi connectivity index (χ4v) is 8.88. The molecular weight excluding hydrogens is 432 g/mol. The van der Waals surface area contributed by atoms with Crippen LogP contribution in [0.15, 0.2) is 23.3 Å². The van der Waals surface area contributed by atoms with E-state index < -0.39 is 17.1 Å². The van der Waals surface area contributed by atoms with E-state index in [0.29, 0.717) is 30.4 Å². The Hall–Kier alpha value is -1.50. The lowest BCUT2D eigenvalue weighted by atomic mass is 9.46. The van der Waals surface area contributed by atoms with E-state index in [1.165, 1.54) is 0 Å². The molecule has 2 N–H and O–H groups in total. The van der Waals surface area contributed by atoms with Crippen LogP contribution in [0, 0.1) is 40.4 Å². The number of hydrogen-bond acceptors (Lipinski definition) is 6. The minimum absolute atomic E-state index is 0.0811. The fraction of sp³-hybridized carbons (Fsp3) is 0.786. The number of carbonyl (C=O) groups is 2. The number of rotatable bonds is 3. The quantitative estimate of drug-likeness (QED) is 0.610. The van der Waals surface area contributed by atoms with E-state index in [1.54, 1.807) is 12.2 Å². The van der Waals surface area contributed by atoms with Gasteiger partial charge in [-0.2, -0.15) is 0 Å². The van der Waals surface area contributed by atoms with E-state index in [-0.39, 0.29) is 47.6 Å². The van der Waals surface area contributed by atoms with Crippen molar-refractivity contribution in [1.82, 2.24) is 0 Å². The molecule has 6 heteroatoms. The SMILES string of the molecule is CC1=C(CO)C(=O)O[C@@H]([C@@H](C)[C@H]2CC[C@H]3[C@@H]4CO[C@@]5(C)[C@@H](O)C=CC(=O)[C@]5(C)[C@H]4CC[C@]23C)C1. The first-order chi connectivity index (χ1) is 16.0. The van der Waals surface area contributed by atoms with Crippen molar-refractivity contribution in [2.24, 2.45) is 40.4 Å². The van der Waals surface area contributed by atoms with E-state index in [9.17, 15) is 19.8 Å². The van der Waals surface area contributed by atoms with Gasteiger partial charge in [-0.3, -0.25) is 4.79 Å². The summed E-state index contributed by atoms with van der Waals surface area (Å²) in [5.74, 6) is 1.27. The first-order valence-electron chi connectivity index (χ1n) is 13.0.